The number of aromatic nitrogens is 1. The van der Waals surface area contributed by atoms with Gasteiger partial charge in [-0.3, -0.25) is 9.59 Å². The van der Waals surface area contributed by atoms with Crippen molar-refractivity contribution >= 4 is 22.7 Å². The molecule has 2 N–H and O–H groups in total. The number of hydrogen-bond acceptors (Lipinski definition) is 3. The Kier molecular flexibility index (Phi) is 5.49. The smallest absolute Gasteiger partial charge is 0.270 e. The first kappa shape index (κ1) is 18.3. The van der Waals surface area contributed by atoms with Crippen molar-refractivity contribution in [2.24, 2.45) is 5.92 Å². The second-order valence-corrected chi connectivity index (χ2v) is 7.21. The minimum atomic E-state index is -0.0994. The number of nitrogens with zero attached hydrogens (tertiary/aromatic N) is 2. The predicted octanol–water partition coefficient (Wildman–Crippen LogP) is 2.98. The standard InChI is InChI=1S/C20H27N3O3/c1-3-6-19(25)23-10-5-7-14(13-23)12-22(2)20(26)17-11-15-16(21-17)8-4-9-18(15)24/h4,8-9,11,14,21,24H,3,5-7,10,12-13H2,1-2H3. The Hall–Kier alpha value is -2.50. The second-order valence-electron chi connectivity index (χ2n) is 7.21. The topological polar surface area (TPSA) is 76.6 Å². The van der Waals surface area contributed by atoms with E-state index in [1.54, 1.807) is 30.1 Å². The van der Waals surface area contributed by atoms with Gasteiger partial charge in [0.05, 0.1) is 0 Å². The Morgan fingerprint density at radius 2 is 2.19 bits per heavy atom. The van der Waals surface area contributed by atoms with Crippen LogP contribution in [0.1, 0.15) is 43.1 Å². The van der Waals surface area contributed by atoms with Gasteiger partial charge in [-0.05, 0) is 43.4 Å². The van der Waals surface area contributed by atoms with E-state index < -0.39 is 0 Å². The number of benzene rings is 1. The van der Waals surface area contributed by atoms with Gasteiger partial charge in [0.15, 0.2) is 0 Å². The number of amides is 2. The zero-order chi connectivity index (χ0) is 18.7. The fraction of sp³-hybridized carbons (Fsp3) is 0.500. The van der Waals surface area contributed by atoms with Crippen LogP contribution >= 0.6 is 0 Å². The summed E-state index contributed by atoms with van der Waals surface area (Å²) in [6.45, 7) is 4.19. The summed E-state index contributed by atoms with van der Waals surface area (Å²) in [6.07, 6.45) is 3.48. The fourth-order valence-corrected chi connectivity index (χ4v) is 3.74. The van der Waals surface area contributed by atoms with Crippen molar-refractivity contribution in [1.29, 1.82) is 0 Å². The number of hydrogen-bond donors (Lipinski definition) is 2. The lowest BCUT2D eigenvalue weighted by atomic mass is 9.97. The van der Waals surface area contributed by atoms with E-state index >= 15 is 0 Å². The van der Waals surface area contributed by atoms with Crippen LogP contribution in [-0.4, -0.2) is 58.4 Å². The lowest BCUT2D eigenvalue weighted by molar-refractivity contribution is -0.133. The van der Waals surface area contributed by atoms with E-state index in [4.69, 9.17) is 0 Å². The second kappa shape index (κ2) is 7.81. The van der Waals surface area contributed by atoms with Crippen molar-refractivity contribution in [3.8, 4) is 5.75 Å². The number of carbonyl (C=O) groups excluding carboxylic acids is 2. The average Bonchev–Trinajstić information content (AvgIpc) is 3.07. The molecule has 1 aliphatic rings. The molecule has 1 atom stereocenters. The van der Waals surface area contributed by atoms with Gasteiger partial charge in [0, 0.05) is 44.0 Å². The lowest BCUT2D eigenvalue weighted by Crippen LogP contribution is -2.44. The molecule has 1 saturated heterocycles. The van der Waals surface area contributed by atoms with Crippen LogP contribution in [0.25, 0.3) is 10.9 Å². The molecule has 2 aromatic rings. The molecule has 1 aromatic heterocycles. The van der Waals surface area contributed by atoms with Crippen molar-refractivity contribution in [1.82, 2.24) is 14.8 Å². The number of piperidine rings is 1. The SMILES string of the molecule is CCCC(=O)N1CCCC(CN(C)C(=O)c2cc3c(O)cccc3[nH]2)C1. The maximum Gasteiger partial charge on any atom is 0.270 e. The molecule has 1 aliphatic heterocycles. The number of aromatic hydroxyl groups is 1. The lowest BCUT2D eigenvalue weighted by Gasteiger charge is -2.34. The van der Waals surface area contributed by atoms with Gasteiger partial charge in [-0.2, -0.15) is 0 Å². The first-order valence-electron chi connectivity index (χ1n) is 9.33. The highest BCUT2D eigenvalue weighted by atomic mass is 16.3. The predicted molar refractivity (Wildman–Crippen MR) is 101 cm³/mol. The van der Waals surface area contributed by atoms with Crippen molar-refractivity contribution in [3.63, 3.8) is 0 Å². The molecule has 1 fully saturated rings. The number of aromatic amines is 1. The van der Waals surface area contributed by atoms with Crippen LogP contribution in [0.15, 0.2) is 24.3 Å². The van der Waals surface area contributed by atoms with Gasteiger partial charge in [-0.15, -0.1) is 0 Å². The van der Waals surface area contributed by atoms with Crippen molar-refractivity contribution in [2.75, 3.05) is 26.7 Å². The fourth-order valence-electron chi connectivity index (χ4n) is 3.74. The van der Waals surface area contributed by atoms with Gasteiger partial charge in [0.25, 0.3) is 5.91 Å². The van der Waals surface area contributed by atoms with Crippen LogP contribution in [0.2, 0.25) is 0 Å². The third-order valence-corrected chi connectivity index (χ3v) is 5.09. The number of H-pyrrole nitrogens is 1. The molecule has 0 saturated carbocycles. The molecule has 6 nitrogen and oxygen atoms in total. The van der Waals surface area contributed by atoms with E-state index in [1.165, 1.54) is 0 Å². The molecule has 0 radical (unpaired) electrons. The van der Waals surface area contributed by atoms with Crippen LogP contribution in [0.5, 0.6) is 5.75 Å². The summed E-state index contributed by atoms with van der Waals surface area (Å²) in [5.41, 5.74) is 1.22. The Labute approximate surface area is 153 Å². The summed E-state index contributed by atoms with van der Waals surface area (Å²) in [6, 6.07) is 6.89. The van der Waals surface area contributed by atoms with Crippen LogP contribution < -0.4 is 0 Å². The molecule has 0 aliphatic carbocycles. The van der Waals surface area contributed by atoms with E-state index in [0.717, 1.165) is 37.9 Å². The molecule has 1 unspecified atom stereocenters. The first-order chi connectivity index (χ1) is 12.5. The highest BCUT2D eigenvalue weighted by molar-refractivity contribution is 5.99. The molecule has 2 heterocycles. The highest BCUT2D eigenvalue weighted by Crippen LogP contribution is 2.26. The molecule has 26 heavy (non-hydrogen) atoms. The molecule has 0 bridgehead atoms. The van der Waals surface area contributed by atoms with Crippen molar-refractivity contribution < 1.29 is 14.7 Å². The van der Waals surface area contributed by atoms with E-state index in [2.05, 4.69) is 4.98 Å². The van der Waals surface area contributed by atoms with Gasteiger partial charge in [-0.25, -0.2) is 0 Å². The molecule has 0 spiro atoms. The van der Waals surface area contributed by atoms with Gasteiger partial charge in [-0.1, -0.05) is 13.0 Å². The molecule has 1 aromatic carbocycles. The quantitative estimate of drug-likeness (QED) is 0.864. The molecule has 140 valence electrons. The van der Waals surface area contributed by atoms with Crippen molar-refractivity contribution in [3.05, 3.63) is 30.0 Å². The molecular formula is C20H27N3O3. The summed E-state index contributed by atoms with van der Waals surface area (Å²) in [5.74, 6) is 0.587. The summed E-state index contributed by atoms with van der Waals surface area (Å²) in [4.78, 5) is 31.6. The first-order valence-corrected chi connectivity index (χ1v) is 9.33. The van der Waals surface area contributed by atoms with E-state index in [9.17, 15) is 14.7 Å². The Morgan fingerprint density at radius 3 is 2.92 bits per heavy atom. The van der Waals surface area contributed by atoms with Crippen molar-refractivity contribution in [2.45, 2.75) is 32.6 Å². The van der Waals surface area contributed by atoms with Crippen LogP contribution in [0.3, 0.4) is 0 Å². The van der Waals surface area contributed by atoms with Gasteiger partial charge >= 0.3 is 0 Å². The molecule has 6 heteroatoms. The third kappa shape index (κ3) is 3.84. The average molecular weight is 357 g/mol. The number of likely N-dealkylation sites (tertiary alicyclic amines) is 1. The highest BCUT2D eigenvalue weighted by Gasteiger charge is 2.26. The minimum absolute atomic E-state index is 0.0994. The maximum absolute atomic E-state index is 12.7. The maximum atomic E-state index is 12.7. The largest absolute Gasteiger partial charge is 0.507 e. The Bertz CT molecular complexity index is 799. The van der Waals surface area contributed by atoms with E-state index in [0.29, 0.717) is 30.0 Å². The number of phenols is 1. The summed E-state index contributed by atoms with van der Waals surface area (Å²) in [7, 11) is 1.79. The zero-order valence-electron chi connectivity index (χ0n) is 15.5. The zero-order valence-corrected chi connectivity index (χ0v) is 15.5. The monoisotopic (exact) mass is 357 g/mol. The van der Waals surface area contributed by atoms with Gasteiger partial charge < -0.3 is 19.9 Å². The van der Waals surface area contributed by atoms with Gasteiger partial charge in [0.1, 0.15) is 11.4 Å². The summed E-state index contributed by atoms with van der Waals surface area (Å²) < 4.78 is 0. The molecule has 3 rings (SSSR count). The van der Waals surface area contributed by atoms with E-state index in [1.807, 2.05) is 17.9 Å². The van der Waals surface area contributed by atoms with Gasteiger partial charge in [0.2, 0.25) is 5.91 Å². The minimum Gasteiger partial charge on any atom is -0.507 e. The van der Waals surface area contributed by atoms with Crippen LogP contribution in [0, 0.1) is 5.92 Å². The number of phenolic OH excluding ortho intramolecular Hbond substituents is 1. The number of fused-ring (bicyclic) bond motifs is 1. The number of nitrogens with one attached hydrogen (secondary N) is 1. The van der Waals surface area contributed by atoms with Crippen LogP contribution in [-0.2, 0) is 4.79 Å². The van der Waals surface area contributed by atoms with Crippen LogP contribution in [0.4, 0.5) is 0 Å². The summed E-state index contributed by atoms with van der Waals surface area (Å²) in [5, 5.41) is 10.6. The summed E-state index contributed by atoms with van der Waals surface area (Å²) >= 11 is 0. The van der Waals surface area contributed by atoms with E-state index in [-0.39, 0.29) is 17.6 Å². The number of carbonyl (C=O) groups is 2. The molecule has 2 amide bonds. The Balaban J connectivity index is 1.64. The number of rotatable bonds is 5. The Morgan fingerprint density at radius 1 is 1.38 bits per heavy atom. The third-order valence-electron chi connectivity index (χ3n) is 5.09. The normalized spacial score (nSPS) is 17.5. The molecular weight excluding hydrogens is 330 g/mol.